The van der Waals surface area contributed by atoms with Crippen LogP contribution in [0.15, 0.2) is 40.9 Å². The quantitative estimate of drug-likeness (QED) is 0.847. The zero-order valence-electron chi connectivity index (χ0n) is 10.3. The average Bonchev–Trinajstić information content (AvgIpc) is 2.41. The number of nitrogens with two attached hydrogens (primary N) is 1. The second-order valence-electron chi connectivity index (χ2n) is 3.88. The summed E-state index contributed by atoms with van der Waals surface area (Å²) in [5.74, 6) is 0.715. The fourth-order valence-corrected chi connectivity index (χ4v) is 2.03. The molecule has 0 aliphatic carbocycles. The van der Waals surface area contributed by atoms with Crippen LogP contribution in [0.2, 0.25) is 0 Å². The number of methoxy groups -OCH3 is 1. The summed E-state index contributed by atoms with van der Waals surface area (Å²) < 4.78 is 6.21. The number of ether oxygens (including phenoxy) is 1. The molecule has 0 amide bonds. The Morgan fingerprint density at radius 1 is 1.21 bits per heavy atom. The first kappa shape index (κ1) is 13.2. The van der Waals surface area contributed by atoms with E-state index in [0.29, 0.717) is 17.0 Å². The molecule has 0 fully saturated rings. The molecular formula is C14H12BrN3O. The molecule has 4 nitrogen and oxygen atoms in total. The van der Waals surface area contributed by atoms with E-state index in [1.807, 2.05) is 18.2 Å². The van der Waals surface area contributed by atoms with Crippen molar-refractivity contribution >= 4 is 33.0 Å². The van der Waals surface area contributed by atoms with Crippen molar-refractivity contribution in [3.8, 4) is 11.8 Å². The zero-order valence-corrected chi connectivity index (χ0v) is 11.9. The minimum Gasteiger partial charge on any atom is -0.495 e. The molecule has 0 aliphatic heterocycles. The van der Waals surface area contributed by atoms with Gasteiger partial charge < -0.3 is 15.8 Å². The molecule has 2 aromatic rings. The van der Waals surface area contributed by atoms with Gasteiger partial charge in [0.25, 0.3) is 0 Å². The number of hydrogen-bond donors (Lipinski definition) is 2. The van der Waals surface area contributed by atoms with Crippen molar-refractivity contribution in [3.05, 3.63) is 46.4 Å². The van der Waals surface area contributed by atoms with Crippen molar-refractivity contribution in [2.45, 2.75) is 0 Å². The molecule has 0 saturated carbocycles. The van der Waals surface area contributed by atoms with Gasteiger partial charge in [-0.25, -0.2) is 0 Å². The highest BCUT2D eigenvalue weighted by atomic mass is 79.9. The van der Waals surface area contributed by atoms with Crippen LogP contribution in [0.3, 0.4) is 0 Å². The number of benzene rings is 2. The second-order valence-corrected chi connectivity index (χ2v) is 4.80. The first-order valence-electron chi connectivity index (χ1n) is 5.54. The minimum atomic E-state index is 0.515. The molecule has 96 valence electrons. The molecule has 19 heavy (non-hydrogen) atoms. The summed E-state index contributed by atoms with van der Waals surface area (Å²) >= 11 is 3.41. The third-order valence-corrected chi connectivity index (χ3v) is 3.10. The van der Waals surface area contributed by atoms with E-state index in [1.54, 1.807) is 25.3 Å². The van der Waals surface area contributed by atoms with Gasteiger partial charge in [0, 0.05) is 4.47 Å². The molecule has 0 atom stereocenters. The molecule has 0 aliphatic rings. The van der Waals surface area contributed by atoms with Crippen LogP contribution in [0, 0.1) is 11.3 Å². The van der Waals surface area contributed by atoms with Crippen molar-refractivity contribution in [2.24, 2.45) is 0 Å². The fourth-order valence-electron chi connectivity index (χ4n) is 1.67. The van der Waals surface area contributed by atoms with E-state index >= 15 is 0 Å². The van der Waals surface area contributed by atoms with Gasteiger partial charge in [-0.1, -0.05) is 15.9 Å². The molecule has 0 radical (unpaired) electrons. The summed E-state index contributed by atoms with van der Waals surface area (Å²) in [7, 11) is 1.61. The topological polar surface area (TPSA) is 71.1 Å². The fraction of sp³-hybridized carbons (Fsp3) is 0.0714. The van der Waals surface area contributed by atoms with Crippen molar-refractivity contribution in [1.29, 1.82) is 5.26 Å². The lowest BCUT2D eigenvalue weighted by molar-refractivity contribution is 0.417. The van der Waals surface area contributed by atoms with E-state index < -0.39 is 0 Å². The lowest BCUT2D eigenvalue weighted by atomic mass is 10.2. The maximum absolute atomic E-state index is 8.81. The van der Waals surface area contributed by atoms with E-state index in [1.165, 1.54) is 0 Å². The molecule has 2 rings (SSSR count). The van der Waals surface area contributed by atoms with E-state index in [-0.39, 0.29) is 0 Å². The summed E-state index contributed by atoms with van der Waals surface area (Å²) in [6.45, 7) is 0. The maximum Gasteiger partial charge on any atom is 0.142 e. The monoisotopic (exact) mass is 317 g/mol. The highest BCUT2D eigenvalue weighted by Crippen LogP contribution is 2.32. The van der Waals surface area contributed by atoms with E-state index in [2.05, 4.69) is 27.3 Å². The Hall–Kier alpha value is -2.19. The molecule has 0 bridgehead atoms. The Kier molecular flexibility index (Phi) is 3.93. The summed E-state index contributed by atoms with van der Waals surface area (Å²) in [5, 5.41) is 12.0. The first-order chi connectivity index (χ1) is 9.13. The van der Waals surface area contributed by atoms with Crippen molar-refractivity contribution in [1.82, 2.24) is 0 Å². The largest absolute Gasteiger partial charge is 0.495 e. The number of nitrogens with one attached hydrogen (secondary N) is 1. The van der Waals surface area contributed by atoms with Crippen LogP contribution in [0.4, 0.5) is 17.1 Å². The third kappa shape index (κ3) is 2.98. The molecule has 0 unspecified atom stereocenters. The van der Waals surface area contributed by atoms with Gasteiger partial charge in [-0.05, 0) is 36.4 Å². The van der Waals surface area contributed by atoms with Gasteiger partial charge >= 0.3 is 0 Å². The van der Waals surface area contributed by atoms with Gasteiger partial charge in [0.2, 0.25) is 0 Å². The predicted octanol–water partition coefficient (Wildman–Crippen LogP) is 3.66. The van der Waals surface area contributed by atoms with Crippen molar-refractivity contribution < 1.29 is 4.74 Å². The highest BCUT2D eigenvalue weighted by molar-refractivity contribution is 9.10. The number of nitrogens with zero attached hydrogens (tertiary/aromatic N) is 1. The van der Waals surface area contributed by atoms with E-state index in [0.717, 1.165) is 15.8 Å². The minimum absolute atomic E-state index is 0.515. The number of nitrogen functional groups attached to an aromatic ring is 1. The van der Waals surface area contributed by atoms with Crippen LogP contribution >= 0.6 is 15.9 Å². The molecule has 5 heteroatoms. The van der Waals surface area contributed by atoms with Gasteiger partial charge in [-0.15, -0.1) is 0 Å². The SMILES string of the molecule is COc1ccc(Br)cc1Nc1ccc(C#N)cc1N. The van der Waals surface area contributed by atoms with Crippen LogP contribution in [0.1, 0.15) is 5.56 Å². The number of nitriles is 1. The molecule has 0 heterocycles. The zero-order chi connectivity index (χ0) is 13.8. The van der Waals surface area contributed by atoms with Crippen molar-refractivity contribution in [3.63, 3.8) is 0 Å². The number of rotatable bonds is 3. The number of hydrogen-bond acceptors (Lipinski definition) is 4. The molecule has 2 aromatic carbocycles. The highest BCUT2D eigenvalue weighted by Gasteiger charge is 2.06. The van der Waals surface area contributed by atoms with Crippen LogP contribution in [0.25, 0.3) is 0 Å². The summed E-state index contributed by atoms with van der Waals surface area (Å²) in [6, 6.07) is 12.8. The Bertz CT molecular complexity index is 650. The predicted molar refractivity (Wildman–Crippen MR) is 79.5 cm³/mol. The second kappa shape index (κ2) is 5.63. The standard InChI is InChI=1S/C14H12BrN3O/c1-19-14-5-3-10(15)7-13(14)18-12-4-2-9(8-16)6-11(12)17/h2-7,18H,17H2,1H3. The number of anilines is 3. The van der Waals surface area contributed by atoms with Gasteiger partial charge in [-0.2, -0.15) is 5.26 Å². The van der Waals surface area contributed by atoms with Gasteiger partial charge in [0.15, 0.2) is 0 Å². The van der Waals surface area contributed by atoms with Gasteiger partial charge in [-0.3, -0.25) is 0 Å². The van der Waals surface area contributed by atoms with Crippen LogP contribution in [-0.4, -0.2) is 7.11 Å². The Morgan fingerprint density at radius 3 is 2.63 bits per heavy atom. The lowest BCUT2D eigenvalue weighted by Gasteiger charge is -2.13. The Morgan fingerprint density at radius 2 is 2.00 bits per heavy atom. The van der Waals surface area contributed by atoms with E-state index in [4.69, 9.17) is 15.7 Å². The Labute approximate surface area is 119 Å². The first-order valence-corrected chi connectivity index (χ1v) is 6.33. The normalized spacial score (nSPS) is 9.74. The molecule has 0 saturated heterocycles. The molecule has 0 aromatic heterocycles. The van der Waals surface area contributed by atoms with Crippen LogP contribution < -0.4 is 15.8 Å². The maximum atomic E-state index is 8.81. The average molecular weight is 318 g/mol. The molecular weight excluding hydrogens is 306 g/mol. The smallest absolute Gasteiger partial charge is 0.142 e. The van der Waals surface area contributed by atoms with Crippen LogP contribution in [-0.2, 0) is 0 Å². The van der Waals surface area contributed by atoms with Crippen LogP contribution in [0.5, 0.6) is 5.75 Å². The Balaban J connectivity index is 2.36. The van der Waals surface area contributed by atoms with E-state index in [9.17, 15) is 0 Å². The molecule has 0 spiro atoms. The molecule has 3 N–H and O–H groups in total. The number of halogens is 1. The summed E-state index contributed by atoms with van der Waals surface area (Å²) in [6.07, 6.45) is 0. The third-order valence-electron chi connectivity index (χ3n) is 2.61. The van der Waals surface area contributed by atoms with Gasteiger partial charge in [0.05, 0.1) is 35.8 Å². The lowest BCUT2D eigenvalue weighted by Crippen LogP contribution is -1.99. The summed E-state index contributed by atoms with van der Waals surface area (Å²) in [4.78, 5) is 0. The van der Waals surface area contributed by atoms with Gasteiger partial charge in [0.1, 0.15) is 5.75 Å². The van der Waals surface area contributed by atoms with Crippen molar-refractivity contribution in [2.75, 3.05) is 18.2 Å². The summed E-state index contributed by atoms with van der Waals surface area (Å²) in [5.41, 5.74) is 8.49.